The van der Waals surface area contributed by atoms with E-state index in [1.54, 1.807) is 0 Å². The number of hydrogen-bond acceptors (Lipinski definition) is 7. The zero-order chi connectivity index (χ0) is 16.2. The Morgan fingerprint density at radius 2 is 2.09 bits per heavy atom. The van der Waals surface area contributed by atoms with E-state index in [2.05, 4.69) is 15.5 Å². The van der Waals surface area contributed by atoms with Gasteiger partial charge in [0.15, 0.2) is 11.5 Å². The first kappa shape index (κ1) is 16.1. The largest absolute Gasteiger partial charge is 0.486 e. The molecule has 1 amide bonds. The van der Waals surface area contributed by atoms with Crippen LogP contribution in [0.25, 0.3) is 0 Å². The molecule has 0 unspecified atom stereocenters. The molecule has 0 fully saturated rings. The van der Waals surface area contributed by atoms with Crippen LogP contribution in [-0.4, -0.2) is 35.1 Å². The van der Waals surface area contributed by atoms with Crippen LogP contribution in [0.15, 0.2) is 23.1 Å². The second-order valence-corrected chi connectivity index (χ2v) is 7.30. The van der Waals surface area contributed by atoms with Gasteiger partial charge in [-0.2, -0.15) is 0 Å². The van der Waals surface area contributed by atoms with Crippen molar-refractivity contribution in [2.24, 2.45) is 0 Å². The van der Waals surface area contributed by atoms with Crippen LogP contribution in [-0.2, 0) is 4.79 Å². The molecule has 1 N–H and O–H groups in total. The van der Waals surface area contributed by atoms with E-state index in [0.717, 1.165) is 21.4 Å². The normalized spacial score (nSPS) is 13.2. The molecule has 0 atom stereocenters. The first-order valence-corrected chi connectivity index (χ1v) is 9.08. The minimum absolute atomic E-state index is 0.101. The number of carbonyl (C=O) groups is 1. The minimum atomic E-state index is -0.101. The number of thioether (sulfide) groups is 1. The van der Waals surface area contributed by atoms with E-state index in [9.17, 15) is 4.79 Å². The molecule has 0 bridgehead atoms. The zero-order valence-corrected chi connectivity index (χ0v) is 14.5. The van der Waals surface area contributed by atoms with Crippen LogP contribution >= 0.6 is 23.1 Å². The summed E-state index contributed by atoms with van der Waals surface area (Å²) in [4.78, 5) is 13.0. The van der Waals surface area contributed by atoms with Crippen LogP contribution in [0.5, 0.6) is 11.5 Å². The Balaban J connectivity index is 1.54. The lowest BCUT2D eigenvalue weighted by Crippen LogP contribution is -2.15. The van der Waals surface area contributed by atoms with Gasteiger partial charge in [-0.3, -0.25) is 10.1 Å². The highest BCUT2D eigenvalue weighted by molar-refractivity contribution is 8.00. The smallest absolute Gasteiger partial charge is 0.236 e. The number of benzene rings is 1. The quantitative estimate of drug-likeness (QED) is 0.834. The van der Waals surface area contributed by atoms with Crippen LogP contribution in [0, 0.1) is 0 Å². The number of hydrogen-bond donors (Lipinski definition) is 1. The third-order valence-corrected chi connectivity index (χ3v) is 5.20. The van der Waals surface area contributed by atoms with Gasteiger partial charge < -0.3 is 9.47 Å². The van der Waals surface area contributed by atoms with Crippen molar-refractivity contribution >= 4 is 34.1 Å². The highest BCUT2D eigenvalue weighted by Gasteiger charge is 2.14. The van der Waals surface area contributed by atoms with Gasteiger partial charge in [-0.1, -0.05) is 25.2 Å². The topological polar surface area (TPSA) is 73.3 Å². The molecular weight excluding hydrogens is 334 g/mol. The SMILES string of the molecule is CC(C)c1nnc(NC(=O)CSc2ccc3c(c2)OCCO3)s1. The predicted molar refractivity (Wildman–Crippen MR) is 90.8 cm³/mol. The number of aromatic nitrogens is 2. The minimum Gasteiger partial charge on any atom is -0.486 e. The maximum atomic E-state index is 12.0. The lowest BCUT2D eigenvalue weighted by atomic mass is 10.2. The summed E-state index contributed by atoms with van der Waals surface area (Å²) in [6.45, 7) is 5.21. The Morgan fingerprint density at radius 3 is 2.83 bits per heavy atom. The van der Waals surface area contributed by atoms with Crippen molar-refractivity contribution in [2.75, 3.05) is 24.3 Å². The predicted octanol–water partition coefficient (Wildman–Crippen LogP) is 3.16. The van der Waals surface area contributed by atoms with Crippen LogP contribution in [0.2, 0.25) is 0 Å². The summed E-state index contributed by atoms with van der Waals surface area (Å²) in [5.74, 6) is 1.99. The molecule has 0 saturated carbocycles. The van der Waals surface area contributed by atoms with Gasteiger partial charge in [-0.15, -0.1) is 22.0 Å². The standard InChI is InChI=1S/C15H17N3O3S2/c1-9(2)14-17-18-15(23-14)16-13(19)8-22-10-3-4-11-12(7-10)21-6-5-20-11/h3-4,7,9H,5-6,8H2,1-2H3,(H,16,18,19). The first-order chi connectivity index (χ1) is 11.1. The Labute approximate surface area is 142 Å². The Hall–Kier alpha value is -1.80. The van der Waals surface area contributed by atoms with E-state index >= 15 is 0 Å². The average Bonchev–Trinajstić information content (AvgIpc) is 3.01. The molecule has 8 heteroatoms. The number of nitrogens with one attached hydrogen (secondary N) is 1. The van der Waals surface area contributed by atoms with Crippen molar-refractivity contribution in [1.82, 2.24) is 10.2 Å². The number of nitrogens with zero attached hydrogens (tertiary/aromatic N) is 2. The van der Waals surface area contributed by atoms with Gasteiger partial charge in [0, 0.05) is 10.8 Å². The van der Waals surface area contributed by atoms with Gasteiger partial charge in [0.2, 0.25) is 11.0 Å². The highest BCUT2D eigenvalue weighted by atomic mass is 32.2. The fraction of sp³-hybridized carbons (Fsp3) is 0.400. The van der Waals surface area contributed by atoms with Crippen LogP contribution in [0.4, 0.5) is 5.13 Å². The van der Waals surface area contributed by atoms with E-state index < -0.39 is 0 Å². The number of amides is 1. The summed E-state index contributed by atoms with van der Waals surface area (Å²) in [5, 5.41) is 12.3. The van der Waals surface area contributed by atoms with Crippen LogP contribution in [0.3, 0.4) is 0 Å². The van der Waals surface area contributed by atoms with Crippen molar-refractivity contribution in [3.05, 3.63) is 23.2 Å². The Bertz CT molecular complexity index is 703. The van der Waals surface area contributed by atoms with E-state index in [-0.39, 0.29) is 5.91 Å². The van der Waals surface area contributed by atoms with E-state index in [1.165, 1.54) is 23.1 Å². The summed E-state index contributed by atoms with van der Waals surface area (Å²) in [7, 11) is 0. The monoisotopic (exact) mass is 351 g/mol. The molecule has 2 heterocycles. The van der Waals surface area contributed by atoms with Crippen LogP contribution in [0.1, 0.15) is 24.8 Å². The molecule has 0 radical (unpaired) electrons. The Morgan fingerprint density at radius 1 is 1.30 bits per heavy atom. The van der Waals surface area contributed by atoms with Crippen molar-refractivity contribution < 1.29 is 14.3 Å². The molecule has 0 saturated heterocycles. The molecule has 2 aromatic rings. The summed E-state index contributed by atoms with van der Waals surface area (Å²) in [5.41, 5.74) is 0. The molecule has 1 aliphatic rings. The first-order valence-electron chi connectivity index (χ1n) is 7.27. The number of fused-ring (bicyclic) bond motifs is 1. The highest BCUT2D eigenvalue weighted by Crippen LogP contribution is 2.34. The molecule has 6 nitrogen and oxygen atoms in total. The fourth-order valence-electron chi connectivity index (χ4n) is 1.94. The second-order valence-electron chi connectivity index (χ2n) is 5.24. The molecule has 1 aromatic heterocycles. The molecule has 122 valence electrons. The van der Waals surface area contributed by atoms with Crippen molar-refractivity contribution in [2.45, 2.75) is 24.7 Å². The van der Waals surface area contributed by atoms with Crippen molar-refractivity contribution in [1.29, 1.82) is 0 Å². The van der Waals surface area contributed by atoms with Gasteiger partial charge in [-0.25, -0.2) is 0 Å². The van der Waals surface area contributed by atoms with Crippen molar-refractivity contribution in [3.8, 4) is 11.5 Å². The Kier molecular flexibility index (Phi) is 5.02. The second kappa shape index (κ2) is 7.18. The number of carbonyl (C=O) groups excluding carboxylic acids is 1. The van der Waals surface area contributed by atoms with Gasteiger partial charge in [0.05, 0.1) is 5.75 Å². The maximum Gasteiger partial charge on any atom is 0.236 e. The van der Waals surface area contributed by atoms with Gasteiger partial charge in [0.25, 0.3) is 0 Å². The van der Waals surface area contributed by atoms with Gasteiger partial charge in [0.1, 0.15) is 18.2 Å². The fourth-order valence-corrected chi connectivity index (χ4v) is 3.42. The molecule has 3 rings (SSSR count). The zero-order valence-electron chi connectivity index (χ0n) is 12.9. The molecular formula is C15H17N3O3S2. The summed E-state index contributed by atoms with van der Waals surface area (Å²) >= 11 is 2.85. The number of ether oxygens (including phenoxy) is 2. The summed E-state index contributed by atoms with van der Waals surface area (Å²) in [6, 6.07) is 5.69. The molecule has 23 heavy (non-hydrogen) atoms. The summed E-state index contributed by atoms with van der Waals surface area (Å²) in [6.07, 6.45) is 0. The lowest BCUT2D eigenvalue weighted by molar-refractivity contribution is -0.113. The molecule has 1 aromatic carbocycles. The van der Waals surface area contributed by atoms with Gasteiger partial charge >= 0.3 is 0 Å². The van der Waals surface area contributed by atoms with E-state index in [4.69, 9.17) is 9.47 Å². The van der Waals surface area contributed by atoms with Crippen molar-refractivity contribution in [3.63, 3.8) is 0 Å². The third-order valence-electron chi connectivity index (χ3n) is 3.06. The number of anilines is 1. The van der Waals surface area contributed by atoms with E-state index in [0.29, 0.717) is 30.0 Å². The van der Waals surface area contributed by atoms with Crippen LogP contribution < -0.4 is 14.8 Å². The number of rotatable bonds is 5. The molecule has 1 aliphatic heterocycles. The lowest BCUT2D eigenvalue weighted by Gasteiger charge is -2.18. The molecule has 0 aliphatic carbocycles. The van der Waals surface area contributed by atoms with E-state index in [1.807, 2.05) is 32.0 Å². The molecule has 0 spiro atoms. The van der Waals surface area contributed by atoms with Gasteiger partial charge in [-0.05, 0) is 18.2 Å². The average molecular weight is 351 g/mol. The maximum absolute atomic E-state index is 12.0. The third kappa shape index (κ3) is 4.14. The summed E-state index contributed by atoms with van der Waals surface area (Å²) < 4.78 is 11.0.